The van der Waals surface area contributed by atoms with Gasteiger partial charge in [0, 0.05) is 23.7 Å². The zero-order chi connectivity index (χ0) is 16.2. The molecule has 0 N–H and O–H groups in total. The van der Waals surface area contributed by atoms with Crippen molar-refractivity contribution in [2.75, 3.05) is 26.0 Å². The van der Waals surface area contributed by atoms with E-state index in [9.17, 15) is 9.59 Å². The van der Waals surface area contributed by atoms with E-state index in [2.05, 4.69) is 9.72 Å². The lowest BCUT2D eigenvalue weighted by Gasteiger charge is -2.16. The number of carbonyl (C=O) groups is 2. The first kappa shape index (κ1) is 15.8. The van der Waals surface area contributed by atoms with Crippen LogP contribution in [0, 0.1) is 0 Å². The Bertz CT molecular complexity index is 735. The molecule has 0 aliphatic carbocycles. The van der Waals surface area contributed by atoms with E-state index < -0.39 is 0 Å². The molecule has 1 atom stereocenters. The fourth-order valence-electron chi connectivity index (χ4n) is 2.64. The van der Waals surface area contributed by atoms with Gasteiger partial charge < -0.3 is 9.64 Å². The first-order valence-corrected chi connectivity index (χ1v) is 8.56. The number of thioether (sulfide) groups is 1. The van der Waals surface area contributed by atoms with Crippen LogP contribution in [0.25, 0.3) is 10.9 Å². The molecule has 5 nitrogen and oxygen atoms in total. The summed E-state index contributed by atoms with van der Waals surface area (Å²) in [7, 11) is 1.39. The highest BCUT2D eigenvalue weighted by atomic mass is 32.2. The van der Waals surface area contributed by atoms with E-state index in [1.807, 2.05) is 35.2 Å². The number of amides is 1. The van der Waals surface area contributed by atoms with Crippen LogP contribution in [0.1, 0.15) is 16.9 Å². The number of methoxy groups -OCH3 is 1. The molecule has 0 bridgehead atoms. The number of carbonyl (C=O) groups excluding carboxylic acids is 2. The first-order chi connectivity index (χ1) is 11.2. The third kappa shape index (κ3) is 3.64. The molecule has 1 amide bonds. The standard InChI is InChI=1S/C17H18N2O3S/c1-22-16(20)11-23-13-8-9-19(10-13)17(21)15-7-6-12-4-2-3-5-14(12)18-15/h2-7,13H,8-11H2,1H3. The first-order valence-electron chi connectivity index (χ1n) is 7.51. The lowest BCUT2D eigenvalue weighted by atomic mass is 10.2. The summed E-state index contributed by atoms with van der Waals surface area (Å²) in [5.41, 5.74) is 1.30. The summed E-state index contributed by atoms with van der Waals surface area (Å²) in [5, 5.41) is 1.30. The van der Waals surface area contributed by atoms with Gasteiger partial charge >= 0.3 is 5.97 Å². The monoisotopic (exact) mass is 330 g/mol. The predicted octanol–water partition coefficient (Wildman–Crippen LogP) is 2.36. The average molecular weight is 330 g/mol. The van der Waals surface area contributed by atoms with Gasteiger partial charge in [-0.25, -0.2) is 4.98 Å². The van der Waals surface area contributed by atoms with Crippen LogP contribution in [0.15, 0.2) is 36.4 Å². The summed E-state index contributed by atoms with van der Waals surface area (Å²) in [6.07, 6.45) is 0.890. The van der Waals surface area contributed by atoms with Crippen LogP contribution < -0.4 is 0 Å². The van der Waals surface area contributed by atoms with Crippen molar-refractivity contribution in [1.82, 2.24) is 9.88 Å². The summed E-state index contributed by atoms with van der Waals surface area (Å²) in [5.74, 6) is 0.0603. The normalized spacial score (nSPS) is 17.4. The largest absolute Gasteiger partial charge is 0.468 e. The third-order valence-corrected chi connectivity index (χ3v) is 5.17. The van der Waals surface area contributed by atoms with Crippen LogP contribution in [0.3, 0.4) is 0 Å². The minimum Gasteiger partial charge on any atom is -0.468 e. The molecule has 1 aliphatic heterocycles. The Labute approximate surface area is 139 Å². The van der Waals surface area contributed by atoms with Gasteiger partial charge in [0.15, 0.2) is 0 Å². The second-order valence-corrected chi connectivity index (χ2v) is 6.73. The molecule has 1 fully saturated rings. The van der Waals surface area contributed by atoms with Gasteiger partial charge in [-0.1, -0.05) is 24.3 Å². The molecule has 1 saturated heterocycles. The van der Waals surface area contributed by atoms with Crippen LogP contribution in [-0.2, 0) is 9.53 Å². The number of para-hydroxylation sites is 1. The van der Waals surface area contributed by atoms with Crippen molar-refractivity contribution in [1.29, 1.82) is 0 Å². The highest BCUT2D eigenvalue weighted by Gasteiger charge is 2.28. The number of benzene rings is 1. The van der Waals surface area contributed by atoms with E-state index in [1.165, 1.54) is 7.11 Å². The number of ether oxygens (including phenoxy) is 1. The van der Waals surface area contributed by atoms with Crippen molar-refractivity contribution in [3.63, 3.8) is 0 Å². The van der Waals surface area contributed by atoms with Crippen LogP contribution >= 0.6 is 11.8 Å². The number of hydrogen-bond acceptors (Lipinski definition) is 5. The number of pyridine rings is 1. The maximum Gasteiger partial charge on any atom is 0.315 e. The summed E-state index contributed by atoms with van der Waals surface area (Å²) in [6, 6.07) is 11.5. The Morgan fingerprint density at radius 2 is 2.13 bits per heavy atom. The minimum absolute atomic E-state index is 0.0445. The van der Waals surface area contributed by atoms with Gasteiger partial charge in [-0.2, -0.15) is 0 Å². The van der Waals surface area contributed by atoms with E-state index in [0.717, 1.165) is 17.3 Å². The molecule has 2 heterocycles. The molecule has 3 rings (SSSR count). The molecule has 0 saturated carbocycles. The molecule has 1 aromatic heterocycles. The molecule has 0 radical (unpaired) electrons. The Hall–Kier alpha value is -2.08. The fraction of sp³-hybridized carbons (Fsp3) is 0.353. The Balaban J connectivity index is 1.65. The maximum absolute atomic E-state index is 12.6. The number of aromatic nitrogens is 1. The van der Waals surface area contributed by atoms with Crippen molar-refractivity contribution in [3.8, 4) is 0 Å². The van der Waals surface area contributed by atoms with Gasteiger partial charge in [-0.05, 0) is 18.6 Å². The highest BCUT2D eigenvalue weighted by molar-refractivity contribution is 8.00. The van der Waals surface area contributed by atoms with Gasteiger partial charge in [-0.3, -0.25) is 9.59 Å². The van der Waals surface area contributed by atoms with Gasteiger partial charge in [0.2, 0.25) is 0 Å². The Morgan fingerprint density at radius 3 is 2.96 bits per heavy atom. The second kappa shape index (κ2) is 7.00. The van der Waals surface area contributed by atoms with E-state index >= 15 is 0 Å². The molecule has 0 spiro atoms. The molecule has 1 unspecified atom stereocenters. The molecule has 1 aliphatic rings. The number of rotatable bonds is 4. The topological polar surface area (TPSA) is 59.5 Å². The van der Waals surface area contributed by atoms with Crippen LogP contribution in [0.5, 0.6) is 0 Å². The van der Waals surface area contributed by atoms with E-state index in [4.69, 9.17) is 0 Å². The fourth-order valence-corrected chi connectivity index (χ4v) is 3.69. The Kier molecular flexibility index (Phi) is 4.81. The molecule has 1 aromatic carbocycles. The predicted molar refractivity (Wildman–Crippen MR) is 90.5 cm³/mol. The SMILES string of the molecule is COC(=O)CSC1CCN(C(=O)c2ccc3ccccc3n2)C1. The van der Waals surface area contributed by atoms with Crippen molar-refractivity contribution in [3.05, 3.63) is 42.1 Å². The number of hydrogen-bond donors (Lipinski definition) is 0. The average Bonchev–Trinajstić information content (AvgIpc) is 3.07. The maximum atomic E-state index is 12.6. The van der Waals surface area contributed by atoms with Gasteiger partial charge in [0.1, 0.15) is 5.69 Å². The lowest BCUT2D eigenvalue weighted by molar-refractivity contribution is -0.137. The van der Waals surface area contributed by atoms with Gasteiger partial charge in [0.05, 0.1) is 18.4 Å². The number of esters is 1. The smallest absolute Gasteiger partial charge is 0.315 e. The number of nitrogens with zero attached hydrogens (tertiary/aromatic N) is 2. The van der Waals surface area contributed by atoms with E-state index in [0.29, 0.717) is 24.5 Å². The van der Waals surface area contributed by atoms with Gasteiger partial charge in [0.25, 0.3) is 5.91 Å². The van der Waals surface area contributed by atoms with Crippen molar-refractivity contribution in [2.45, 2.75) is 11.7 Å². The summed E-state index contributed by atoms with van der Waals surface area (Å²) < 4.78 is 4.64. The van der Waals surface area contributed by atoms with Crippen LogP contribution in [0.4, 0.5) is 0 Å². The molecule has 120 valence electrons. The molecule has 23 heavy (non-hydrogen) atoms. The van der Waals surface area contributed by atoms with Crippen molar-refractivity contribution < 1.29 is 14.3 Å². The van der Waals surface area contributed by atoms with Crippen molar-refractivity contribution in [2.24, 2.45) is 0 Å². The highest BCUT2D eigenvalue weighted by Crippen LogP contribution is 2.24. The van der Waals surface area contributed by atoms with Gasteiger partial charge in [-0.15, -0.1) is 11.8 Å². The lowest BCUT2D eigenvalue weighted by Crippen LogP contribution is -2.30. The molecule has 6 heteroatoms. The number of fused-ring (bicyclic) bond motifs is 1. The zero-order valence-corrected chi connectivity index (χ0v) is 13.7. The summed E-state index contributed by atoms with van der Waals surface area (Å²) in [6.45, 7) is 1.35. The van der Waals surface area contributed by atoms with Crippen molar-refractivity contribution >= 4 is 34.5 Å². The molecular formula is C17H18N2O3S. The van der Waals surface area contributed by atoms with E-state index in [-0.39, 0.29) is 17.1 Å². The number of likely N-dealkylation sites (tertiary alicyclic amines) is 1. The molecule has 2 aromatic rings. The zero-order valence-electron chi connectivity index (χ0n) is 12.9. The summed E-state index contributed by atoms with van der Waals surface area (Å²) >= 11 is 1.55. The van der Waals surface area contributed by atoms with Crippen LogP contribution in [0.2, 0.25) is 0 Å². The summed E-state index contributed by atoms with van der Waals surface area (Å²) in [4.78, 5) is 30.1. The minimum atomic E-state index is -0.226. The Morgan fingerprint density at radius 1 is 1.30 bits per heavy atom. The molecular weight excluding hydrogens is 312 g/mol. The van der Waals surface area contributed by atoms with Crippen LogP contribution in [-0.4, -0.2) is 53.0 Å². The van der Waals surface area contributed by atoms with E-state index in [1.54, 1.807) is 17.8 Å². The quantitative estimate of drug-likeness (QED) is 0.806. The second-order valence-electron chi connectivity index (χ2n) is 5.44. The third-order valence-electron chi connectivity index (χ3n) is 3.91.